The van der Waals surface area contributed by atoms with Crippen molar-refractivity contribution < 1.29 is 24.5 Å². The standard InChI is InChI=1S/CH5O5P/c2-6-1-7(3,4)5/h2H,1H2,(H2,3,4,5). The second-order valence-electron chi connectivity index (χ2n) is 0.923. The van der Waals surface area contributed by atoms with E-state index in [1.807, 2.05) is 0 Å². The van der Waals surface area contributed by atoms with Crippen LogP contribution in [-0.4, -0.2) is 21.4 Å². The van der Waals surface area contributed by atoms with Crippen LogP contribution in [0, 0.1) is 0 Å². The summed E-state index contributed by atoms with van der Waals surface area (Å²) in [6.45, 7) is 0. The van der Waals surface area contributed by atoms with Gasteiger partial charge in [0.05, 0.1) is 0 Å². The van der Waals surface area contributed by atoms with Crippen molar-refractivity contribution in [2.45, 2.75) is 0 Å². The van der Waals surface area contributed by atoms with Crippen LogP contribution in [0.2, 0.25) is 0 Å². The molecule has 6 heteroatoms. The van der Waals surface area contributed by atoms with Crippen molar-refractivity contribution in [3.05, 3.63) is 0 Å². The first-order valence-electron chi connectivity index (χ1n) is 1.37. The molecule has 0 radical (unpaired) electrons. The molecule has 0 aromatic carbocycles. The van der Waals surface area contributed by atoms with Crippen LogP contribution in [-0.2, 0) is 9.45 Å². The molecule has 7 heavy (non-hydrogen) atoms. The molecule has 0 heterocycles. The molecule has 0 aromatic heterocycles. The predicted octanol–water partition coefficient (Wildman–Crippen LogP) is -0.389. The lowest BCUT2D eigenvalue weighted by Gasteiger charge is -1.95. The molecule has 0 atom stereocenters. The van der Waals surface area contributed by atoms with E-state index in [1.54, 1.807) is 0 Å². The maximum absolute atomic E-state index is 9.64. The van der Waals surface area contributed by atoms with Gasteiger partial charge in [0.1, 0.15) is 0 Å². The minimum Gasteiger partial charge on any atom is -0.323 e. The summed E-state index contributed by atoms with van der Waals surface area (Å²) in [6, 6.07) is 0. The largest absolute Gasteiger partial charge is 0.354 e. The molecule has 0 bridgehead atoms. The number of hydrogen-bond donors (Lipinski definition) is 3. The van der Waals surface area contributed by atoms with Crippen LogP contribution in [0.25, 0.3) is 0 Å². The highest BCUT2D eigenvalue weighted by Gasteiger charge is 2.11. The van der Waals surface area contributed by atoms with E-state index >= 15 is 0 Å². The van der Waals surface area contributed by atoms with Crippen molar-refractivity contribution in [1.29, 1.82) is 0 Å². The lowest BCUT2D eigenvalue weighted by molar-refractivity contribution is -0.227. The lowest BCUT2D eigenvalue weighted by atomic mass is 11.7. The Kier molecular flexibility index (Phi) is 2.42. The highest BCUT2D eigenvalue weighted by Crippen LogP contribution is 2.33. The first-order chi connectivity index (χ1) is 3.06. The van der Waals surface area contributed by atoms with Crippen LogP contribution >= 0.6 is 7.60 Å². The minimum absolute atomic E-state index is 0.938. The first-order valence-corrected chi connectivity index (χ1v) is 3.17. The topological polar surface area (TPSA) is 87.0 Å². The second-order valence-corrected chi connectivity index (χ2v) is 2.51. The van der Waals surface area contributed by atoms with Crippen molar-refractivity contribution in [1.82, 2.24) is 0 Å². The van der Waals surface area contributed by atoms with Crippen LogP contribution in [0.1, 0.15) is 0 Å². The van der Waals surface area contributed by atoms with E-state index in [4.69, 9.17) is 15.0 Å². The van der Waals surface area contributed by atoms with Gasteiger partial charge < -0.3 is 9.79 Å². The fourth-order valence-corrected chi connectivity index (χ4v) is 0.226. The fourth-order valence-electron chi connectivity index (χ4n) is 0.0752. The maximum Gasteiger partial charge on any atom is 0.354 e. The van der Waals surface area contributed by atoms with Crippen molar-refractivity contribution in [3.8, 4) is 0 Å². The fraction of sp³-hybridized carbons (Fsp3) is 1.00. The molecule has 44 valence electrons. The Bertz CT molecular complexity index is 82.1. The van der Waals surface area contributed by atoms with Gasteiger partial charge in [0.15, 0.2) is 6.35 Å². The molecule has 0 aromatic rings. The van der Waals surface area contributed by atoms with Crippen LogP contribution < -0.4 is 0 Å². The van der Waals surface area contributed by atoms with Gasteiger partial charge >= 0.3 is 7.60 Å². The summed E-state index contributed by atoms with van der Waals surface area (Å²) in [5.74, 6) is 0. The first kappa shape index (κ1) is 7.07. The third-order valence-electron chi connectivity index (χ3n) is 0.226. The summed E-state index contributed by atoms with van der Waals surface area (Å²) in [6.07, 6.45) is -0.938. The number of hydrogen-bond acceptors (Lipinski definition) is 3. The van der Waals surface area contributed by atoms with Gasteiger partial charge in [0.25, 0.3) is 0 Å². The number of rotatable bonds is 2. The highest BCUT2D eigenvalue weighted by molar-refractivity contribution is 7.51. The third kappa shape index (κ3) is 6.07. The molecule has 0 amide bonds. The quantitative estimate of drug-likeness (QED) is 0.268. The molecule has 0 aliphatic carbocycles. The van der Waals surface area contributed by atoms with Gasteiger partial charge in [-0.2, -0.15) is 0 Å². The molecule has 3 N–H and O–H groups in total. The summed E-state index contributed by atoms with van der Waals surface area (Å²) in [7, 11) is -4.14. The molecular formula is CH5O5P. The zero-order chi connectivity index (χ0) is 5.91. The molecule has 0 rings (SSSR count). The average molecular weight is 128 g/mol. The summed E-state index contributed by atoms with van der Waals surface area (Å²) < 4.78 is 9.64. The van der Waals surface area contributed by atoms with Gasteiger partial charge in [-0.15, -0.1) is 0 Å². The van der Waals surface area contributed by atoms with Gasteiger partial charge in [-0.3, -0.25) is 9.82 Å². The van der Waals surface area contributed by atoms with Crippen molar-refractivity contribution >= 4 is 7.60 Å². The average Bonchev–Trinajstić information content (AvgIpc) is 1.30. The summed E-state index contributed by atoms with van der Waals surface area (Å²) in [5.41, 5.74) is 0. The van der Waals surface area contributed by atoms with E-state index in [0.717, 1.165) is 0 Å². The third-order valence-corrected chi connectivity index (χ3v) is 0.678. The Morgan fingerprint density at radius 2 is 2.00 bits per heavy atom. The molecule has 0 aliphatic rings. The summed E-state index contributed by atoms with van der Waals surface area (Å²) in [4.78, 5) is 18.8. The van der Waals surface area contributed by atoms with Crippen molar-refractivity contribution in [2.75, 3.05) is 6.35 Å². The van der Waals surface area contributed by atoms with Crippen LogP contribution in [0.4, 0.5) is 0 Å². The molecule has 0 saturated heterocycles. The zero-order valence-electron chi connectivity index (χ0n) is 3.31. The molecule has 0 spiro atoms. The van der Waals surface area contributed by atoms with Gasteiger partial charge in [-0.1, -0.05) is 0 Å². The normalized spacial score (nSPS) is 11.9. The van der Waals surface area contributed by atoms with Crippen LogP contribution in [0.3, 0.4) is 0 Å². The Labute approximate surface area is 39.6 Å². The zero-order valence-corrected chi connectivity index (χ0v) is 4.21. The molecular weight excluding hydrogens is 123 g/mol. The highest BCUT2D eigenvalue weighted by atomic mass is 31.2. The van der Waals surface area contributed by atoms with Gasteiger partial charge in [0.2, 0.25) is 0 Å². The Morgan fingerprint density at radius 1 is 1.57 bits per heavy atom. The van der Waals surface area contributed by atoms with Gasteiger partial charge in [-0.25, -0.2) is 4.89 Å². The summed E-state index contributed by atoms with van der Waals surface area (Å²) in [5, 5.41) is 7.41. The van der Waals surface area contributed by atoms with E-state index < -0.39 is 13.9 Å². The Balaban J connectivity index is 3.36. The molecule has 0 aliphatic heterocycles. The van der Waals surface area contributed by atoms with Gasteiger partial charge in [0, 0.05) is 0 Å². The second kappa shape index (κ2) is 2.40. The predicted molar refractivity (Wildman–Crippen MR) is 20.6 cm³/mol. The summed E-state index contributed by atoms with van der Waals surface area (Å²) >= 11 is 0. The molecule has 0 saturated carbocycles. The molecule has 0 unspecified atom stereocenters. The Hall–Kier alpha value is 0.0700. The van der Waals surface area contributed by atoms with E-state index in [0.29, 0.717) is 0 Å². The van der Waals surface area contributed by atoms with Crippen LogP contribution in [0.5, 0.6) is 0 Å². The minimum atomic E-state index is -4.14. The SMILES string of the molecule is O=P(O)(O)COO. The van der Waals surface area contributed by atoms with Gasteiger partial charge in [-0.05, 0) is 0 Å². The van der Waals surface area contributed by atoms with Crippen molar-refractivity contribution in [3.63, 3.8) is 0 Å². The smallest absolute Gasteiger partial charge is 0.323 e. The van der Waals surface area contributed by atoms with Crippen LogP contribution in [0.15, 0.2) is 0 Å². The monoisotopic (exact) mass is 128 g/mol. The Morgan fingerprint density at radius 3 is 2.00 bits per heavy atom. The lowest BCUT2D eigenvalue weighted by Crippen LogP contribution is -1.88. The molecule has 5 nitrogen and oxygen atoms in total. The van der Waals surface area contributed by atoms with E-state index in [2.05, 4.69) is 4.89 Å². The van der Waals surface area contributed by atoms with Crippen molar-refractivity contribution in [2.24, 2.45) is 0 Å². The maximum atomic E-state index is 9.64. The van der Waals surface area contributed by atoms with E-state index in [-0.39, 0.29) is 0 Å². The van der Waals surface area contributed by atoms with E-state index in [1.165, 1.54) is 0 Å². The van der Waals surface area contributed by atoms with E-state index in [9.17, 15) is 4.57 Å². The molecule has 0 fully saturated rings.